The molecule has 0 aliphatic carbocycles. The Hall–Kier alpha value is -1.95. The largest absolute Gasteiger partial charge is 0.326 e. The fraction of sp³-hybridized carbons (Fsp3) is 0.150. The van der Waals surface area contributed by atoms with Crippen LogP contribution in [0, 0.1) is 0 Å². The highest BCUT2D eigenvalue weighted by molar-refractivity contribution is 9.10. The third-order valence-corrected chi connectivity index (χ3v) is 5.50. The van der Waals surface area contributed by atoms with Crippen LogP contribution in [0.1, 0.15) is 23.4 Å². The molecule has 0 bridgehead atoms. The van der Waals surface area contributed by atoms with Gasteiger partial charge < -0.3 is 10.6 Å². The lowest BCUT2D eigenvalue weighted by atomic mass is 10.0. The lowest BCUT2D eigenvalue weighted by molar-refractivity contribution is -0.703. The molecule has 0 aliphatic heterocycles. The van der Waals surface area contributed by atoms with E-state index in [0.717, 1.165) is 10.2 Å². The molecule has 128 valence electrons. The molecule has 2 atom stereocenters. The molecule has 0 saturated heterocycles. The summed E-state index contributed by atoms with van der Waals surface area (Å²) in [6.07, 6.45) is 0. The molecule has 0 saturated carbocycles. The molecule has 3 N–H and O–H groups in total. The molecule has 5 heteroatoms. The maximum atomic E-state index is 12.6. The van der Waals surface area contributed by atoms with Crippen molar-refractivity contribution in [1.29, 1.82) is 0 Å². The molecule has 1 aromatic heterocycles. The Kier molecular flexibility index (Phi) is 6.02. The van der Waals surface area contributed by atoms with Gasteiger partial charge in [-0.2, -0.15) is 0 Å². The zero-order valence-corrected chi connectivity index (χ0v) is 16.3. The van der Waals surface area contributed by atoms with Crippen molar-refractivity contribution in [2.45, 2.75) is 19.0 Å². The molecular weight excluding hydrogens is 396 g/mol. The summed E-state index contributed by atoms with van der Waals surface area (Å²) < 4.78 is 0.993. The van der Waals surface area contributed by atoms with Crippen LogP contribution in [-0.4, -0.2) is 11.9 Å². The molecule has 3 nitrogen and oxygen atoms in total. The van der Waals surface area contributed by atoms with E-state index in [1.807, 2.05) is 49.4 Å². The summed E-state index contributed by atoms with van der Waals surface area (Å²) in [6.45, 7) is 1.94. The summed E-state index contributed by atoms with van der Waals surface area (Å²) >= 11 is 5.12. The predicted octanol–water partition coefficient (Wildman–Crippen LogP) is 4.19. The van der Waals surface area contributed by atoms with Crippen molar-refractivity contribution in [2.24, 2.45) is 0 Å². The number of anilines is 1. The second-order valence-corrected chi connectivity index (χ2v) is 7.78. The van der Waals surface area contributed by atoms with Crippen LogP contribution >= 0.6 is 27.3 Å². The van der Waals surface area contributed by atoms with E-state index < -0.39 is 0 Å². The van der Waals surface area contributed by atoms with Crippen molar-refractivity contribution in [1.82, 2.24) is 0 Å². The Bertz CT molecular complexity index is 803. The predicted molar refractivity (Wildman–Crippen MR) is 107 cm³/mol. The third kappa shape index (κ3) is 4.78. The summed E-state index contributed by atoms with van der Waals surface area (Å²) in [5.74, 6) is -0.000176. The monoisotopic (exact) mass is 415 g/mol. The van der Waals surface area contributed by atoms with Crippen molar-refractivity contribution in [3.8, 4) is 0 Å². The molecule has 0 unspecified atom stereocenters. The van der Waals surface area contributed by atoms with Crippen LogP contribution < -0.4 is 10.6 Å². The first kappa shape index (κ1) is 17.9. The van der Waals surface area contributed by atoms with E-state index in [9.17, 15) is 4.79 Å². The number of carbonyl (C=O) groups is 1. The van der Waals surface area contributed by atoms with Crippen LogP contribution in [0.3, 0.4) is 0 Å². The third-order valence-electron chi connectivity index (χ3n) is 4.01. The second-order valence-electron chi connectivity index (χ2n) is 5.88. The van der Waals surface area contributed by atoms with Crippen LogP contribution in [-0.2, 0) is 4.79 Å². The van der Waals surface area contributed by atoms with Crippen molar-refractivity contribution in [2.75, 3.05) is 5.32 Å². The Labute approximate surface area is 160 Å². The summed E-state index contributed by atoms with van der Waals surface area (Å²) in [5, 5.41) is 7.18. The molecule has 0 fully saturated rings. The zero-order chi connectivity index (χ0) is 17.6. The summed E-state index contributed by atoms with van der Waals surface area (Å²) in [7, 11) is 0. The zero-order valence-electron chi connectivity index (χ0n) is 13.9. The number of amides is 1. The Morgan fingerprint density at radius 3 is 2.40 bits per heavy atom. The van der Waals surface area contributed by atoms with E-state index in [1.165, 1.54) is 10.4 Å². The van der Waals surface area contributed by atoms with E-state index in [1.54, 1.807) is 11.3 Å². The fourth-order valence-electron chi connectivity index (χ4n) is 2.66. The quantitative estimate of drug-likeness (QED) is 0.622. The van der Waals surface area contributed by atoms with Gasteiger partial charge in [0.2, 0.25) is 0 Å². The minimum atomic E-state index is -0.212. The number of halogens is 1. The first-order valence-corrected chi connectivity index (χ1v) is 9.80. The summed E-state index contributed by atoms with van der Waals surface area (Å²) in [5.41, 5.74) is 2.01. The first-order chi connectivity index (χ1) is 12.1. The molecule has 3 rings (SSSR count). The lowest BCUT2D eigenvalue weighted by Crippen LogP contribution is -2.92. The number of benzene rings is 2. The van der Waals surface area contributed by atoms with Crippen LogP contribution in [0.2, 0.25) is 0 Å². The van der Waals surface area contributed by atoms with Gasteiger partial charge in [0.15, 0.2) is 6.04 Å². The highest BCUT2D eigenvalue weighted by Gasteiger charge is 2.25. The van der Waals surface area contributed by atoms with E-state index in [-0.39, 0.29) is 18.0 Å². The molecule has 2 aromatic carbocycles. The molecule has 1 amide bonds. The second kappa shape index (κ2) is 8.43. The average molecular weight is 416 g/mol. The molecule has 0 radical (unpaired) electrons. The standard InChI is InChI=1S/C20H19BrN2OS/c1-14(20(24)23-17-11-9-16(21)10-12-17)22-19(18-8-5-13-25-18)15-6-3-2-4-7-15/h2-14,19,22H,1H3,(H,23,24)/p+1/t14-,19-/m0/s1. The highest BCUT2D eigenvalue weighted by atomic mass is 79.9. The first-order valence-electron chi connectivity index (χ1n) is 8.13. The molecule has 0 spiro atoms. The Morgan fingerprint density at radius 1 is 1.04 bits per heavy atom. The minimum Gasteiger partial charge on any atom is -0.326 e. The Morgan fingerprint density at radius 2 is 1.76 bits per heavy atom. The van der Waals surface area contributed by atoms with Gasteiger partial charge in [-0.1, -0.05) is 52.3 Å². The molecular formula is C20H20BrN2OS+. The smallest absolute Gasteiger partial charge is 0.282 e. The van der Waals surface area contributed by atoms with Gasteiger partial charge in [-0.3, -0.25) is 4.79 Å². The van der Waals surface area contributed by atoms with Gasteiger partial charge >= 0.3 is 0 Å². The number of thiophene rings is 1. The van der Waals surface area contributed by atoms with Gasteiger partial charge in [0.1, 0.15) is 6.04 Å². The lowest BCUT2D eigenvalue weighted by Gasteiger charge is -2.19. The van der Waals surface area contributed by atoms with E-state index in [4.69, 9.17) is 0 Å². The molecule has 3 aromatic rings. The van der Waals surface area contributed by atoms with Crippen molar-refractivity contribution in [3.05, 3.63) is 87.0 Å². The number of rotatable bonds is 6. The molecule has 1 heterocycles. The summed E-state index contributed by atoms with van der Waals surface area (Å²) in [4.78, 5) is 13.8. The molecule has 25 heavy (non-hydrogen) atoms. The topological polar surface area (TPSA) is 45.7 Å². The van der Waals surface area contributed by atoms with Crippen molar-refractivity contribution < 1.29 is 10.1 Å². The fourth-order valence-corrected chi connectivity index (χ4v) is 3.76. The minimum absolute atomic E-state index is 0.000176. The summed E-state index contributed by atoms with van der Waals surface area (Å²) in [6, 6.07) is 22.0. The molecule has 0 aliphatic rings. The Balaban J connectivity index is 1.72. The van der Waals surface area contributed by atoms with Crippen LogP contribution in [0.25, 0.3) is 0 Å². The number of quaternary nitrogens is 1. The van der Waals surface area contributed by atoms with Crippen molar-refractivity contribution >= 4 is 38.9 Å². The maximum Gasteiger partial charge on any atom is 0.282 e. The van der Waals surface area contributed by atoms with Gasteiger partial charge in [0, 0.05) is 15.7 Å². The number of nitrogens with one attached hydrogen (secondary N) is 1. The van der Waals surface area contributed by atoms with Gasteiger partial charge in [0.25, 0.3) is 5.91 Å². The number of nitrogens with two attached hydrogens (primary N) is 1. The average Bonchev–Trinajstić information content (AvgIpc) is 3.16. The van der Waals surface area contributed by atoms with Gasteiger partial charge in [-0.05, 0) is 42.6 Å². The number of carbonyl (C=O) groups excluding carboxylic acids is 1. The van der Waals surface area contributed by atoms with E-state index in [2.05, 4.69) is 56.2 Å². The number of hydrogen-bond donors (Lipinski definition) is 2. The van der Waals surface area contributed by atoms with E-state index >= 15 is 0 Å². The van der Waals surface area contributed by atoms with Crippen LogP contribution in [0.15, 0.2) is 76.6 Å². The normalized spacial score (nSPS) is 13.2. The van der Waals surface area contributed by atoms with E-state index in [0.29, 0.717) is 0 Å². The van der Waals surface area contributed by atoms with Crippen molar-refractivity contribution in [3.63, 3.8) is 0 Å². The van der Waals surface area contributed by atoms with Gasteiger partial charge in [0.05, 0.1) is 4.88 Å². The highest BCUT2D eigenvalue weighted by Crippen LogP contribution is 2.22. The van der Waals surface area contributed by atoms with Gasteiger partial charge in [-0.15, -0.1) is 11.3 Å². The maximum absolute atomic E-state index is 12.6. The van der Waals surface area contributed by atoms with Gasteiger partial charge in [-0.25, -0.2) is 0 Å². The van der Waals surface area contributed by atoms with Crippen LogP contribution in [0.4, 0.5) is 5.69 Å². The van der Waals surface area contributed by atoms with Crippen LogP contribution in [0.5, 0.6) is 0 Å². The number of hydrogen-bond acceptors (Lipinski definition) is 2. The SMILES string of the molecule is C[C@H]([NH2+][C@@H](c1ccccc1)c1cccs1)C(=O)Nc1ccc(Br)cc1.